The van der Waals surface area contributed by atoms with Crippen LogP contribution in [0.1, 0.15) is 35.0 Å². The molecule has 122 valence electrons. The van der Waals surface area contributed by atoms with Gasteiger partial charge in [0.1, 0.15) is 5.82 Å². The molecule has 2 aromatic rings. The van der Waals surface area contributed by atoms with Crippen molar-refractivity contribution >= 4 is 11.8 Å². The summed E-state index contributed by atoms with van der Waals surface area (Å²) in [6.45, 7) is 2.90. The largest absolute Gasteiger partial charge is 0.390 e. The van der Waals surface area contributed by atoms with Crippen LogP contribution in [0.5, 0.6) is 0 Å². The van der Waals surface area contributed by atoms with Gasteiger partial charge < -0.3 is 20.5 Å². The Balaban J connectivity index is 1.63. The maximum atomic E-state index is 9.41. The third-order valence-corrected chi connectivity index (χ3v) is 4.59. The molecule has 4 rings (SSSR count). The summed E-state index contributed by atoms with van der Waals surface area (Å²) in [7, 11) is 0. The lowest BCUT2D eigenvalue weighted by atomic mass is 10.0. The van der Waals surface area contributed by atoms with Crippen LogP contribution in [-0.2, 0) is 24.3 Å². The van der Waals surface area contributed by atoms with Gasteiger partial charge in [0, 0.05) is 49.4 Å². The highest BCUT2D eigenvalue weighted by atomic mass is 16.5. The zero-order valence-corrected chi connectivity index (χ0v) is 12.8. The van der Waals surface area contributed by atoms with Crippen molar-refractivity contribution in [3.63, 3.8) is 0 Å². The highest BCUT2D eigenvalue weighted by Gasteiger charge is 2.25. The average molecular weight is 316 g/mol. The molecule has 0 bridgehead atoms. The molecule has 2 aromatic heterocycles. The van der Waals surface area contributed by atoms with Gasteiger partial charge in [-0.2, -0.15) is 10.1 Å². The van der Waals surface area contributed by atoms with E-state index in [9.17, 15) is 5.11 Å². The number of nitrogens with one attached hydrogen (secondary N) is 1. The normalized spacial score (nSPS) is 20.7. The first-order chi connectivity index (χ1) is 11.2. The number of nitrogens with zero attached hydrogens (tertiary/aromatic N) is 4. The molecule has 8 heteroatoms. The number of fused-ring (bicyclic) bond motifs is 1. The molecule has 23 heavy (non-hydrogen) atoms. The lowest BCUT2D eigenvalue weighted by molar-refractivity contribution is 0.193. The topological polar surface area (TPSA) is 113 Å². The molecule has 1 fully saturated rings. The van der Waals surface area contributed by atoms with Crippen LogP contribution in [0, 0.1) is 0 Å². The van der Waals surface area contributed by atoms with Crippen molar-refractivity contribution in [1.82, 2.24) is 20.2 Å². The molecule has 0 aromatic carbocycles. The van der Waals surface area contributed by atoms with E-state index in [0.717, 1.165) is 48.8 Å². The molecule has 4 heterocycles. The monoisotopic (exact) mass is 316 g/mol. The molecule has 8 nitrogen and oxygen atoms in total. The van der Waals surface area contributed by atoms with E-state index >= 15 is 0 Å². The number of hydrogen-bond donors (Lipinski definition) is 3. The molecular formula is C15H20N6O2. The number of anilines is 2. The Morgan fingerprint density at radius 2 is 2.35 bits per heavy atom. The highest BCUT2D eigenvalue weighted by molar-refractivity contribution is 5.47. The van der Waals surface area contributed by atoms with Crippen LogP contribution in [0.15, 0.2) is 6.07 Å². The van der Waals surface area contributed by atoms with E-state index in [1.807, 2.05) is 6.07 Å². The molecule has 0 aliphatic carbocycles. The van der Waals surface area contributed by atoms with Crippen molar-refractivity contribution < 1.29 is 9.84 Å². The fraction of sp³-hybridized carbons (Fsp3) is 0.533. The van der Waals surface area contributed by atoms with E-state index in [4.69, 9.17) is 10.5 Å². The van der Waals surface area contributed by atoms with Crippen LogP contribution in [0.4, 0.5) is 11.8 Å². The van der Waals surface area contributed by atoms with Gasteiger partial charge in [-0.1, -0.05) is 0 Å². The summed E-state index contributed by atoms with van der Waals surface area (Å²) in [5.74, 6) is 1.42. The summed E-state index contributed by atoms with van der Waals surface area (Å²) in [4.78, 5) is 10.9. The number of aliphatic hydroxyl groups excluding tert-OH is 1. The van der Waals surface area contributed by atoms with Crippen LogP contribution in [0.25, 0.3) is 0 Å². The zero-order valence-electron chi connectivity index (χ0n) is 12.8. The van der Waals surface area contributed by atoms with E-state index in [-0.39, 0.29) is 6.61 Å². The number of aliphatic hydroxyl groups is 1. The van der Waals surface area contributed by atoms with Gasteiger partial charge in [0.05, 0.1) is 24.6 Å². The highest BCUT2D eigenvalue weighted by Crippen LogP contribution is 2.29. The minimum absolute atomic E-state index is 0.0593. The van der Waals surface area contributed by atoms with Crippen LogP contribution in [0.2, 0.25) is 0 Å². The van der Waals surface area contributed by atoms with Crippen molar-refractivity contribution in [2.45, 2.75) is 31.9 Å². The average Bonchev–Trinajstić information content (AvgIpc) is 3.23. The molecule has 0 radical (unpaired) electrons. The van der Waals surface area contributed by atoms with Crippen LogP contribution in [0.3, 0.4) is 0 Å². The fourth-order valence-electron chi connectivity index (χ4n) is 3.29. The molecule has 0 spiro atoms. The number of H-pyrrole nitrogens is 1. The first kappa shape index (κ1) is 14.4. The second-order valence-electron chi connectivity index (χ2n) is 6.03. The summed E-state index contributed by atoms with van der Waals surface area (Å²) in [6, 6.07) is 2.01. The van der Waals surface area contributed by atoms with Crippen molar-refractivity contribution in [3.8, 4) is 0 Å². The van der Waals surface area contributed by atoms with E-state index in [0.29, 0.717) is 30.7 Å². The number of nitrogen functional groups attached to an aromatic ring is 1. The predicted molar refractivity (Wildman–Crippen MR) is 83.9 cm³/mol. The second kappa shape index (κ2) is 5.78. The molecule has 0 amide bonds. The molecule has 0 saturated carbocycles. The maximum Gasteiger partial charge on any atom is 0.222 e. The second-order valence-corrected chi connectivity index (χ2v) is 6.03. The van der Waals surface area contributed by atoms with Crippen LogP contribution < -0.4 is 10.6 Å². The quantitative estimate of drug-likeness (QED) is 0.748. The van der Waals surface area contributed by atoms with E-state index in [1.54, 1.807) is 0 Å². The molecular weight excluding hydrogens is 296 g/mol. The summed E-state index contributed by atoms with van der Waals surface area (Å²) >= 11 is 0. The number of hydrogen-bond acceptors (Lipinski definition) is 7. The first-order valence-electron chi connectivity index (χ1n) is 7.87. The van der Waals surface area contributed by atoms with Gasteiger partial charge in [0.2, 0.25) is 5.95 Å². The predicted octanol–water partition coefficient (Wildman–Crippen LogP) is 0.341. The Bertz CT molecular complexity index is 696. The van der Waals surface area contributed by atoms with Gasteiger partial charge in [-0.3, -0.25) is 5.10 Å². The Labute approximate surface area is 133 Å². The smallest absolute Gasteiger partial charge is 0.222 e. The van der Waals surface area contributed by atoms with Crippen LogP contribution >= 0.6 is 0 Å². The molecule has 1 atom stereocenters. The summed E-state index contributed by atoms with van der Waals surface area (Å²) in [6.07, 6.45) is 1.81. The first-order valence-corrected chi connectivity index (χ1v) is 7.87. The van der Waals surface area contributed by atoms with Gasteiger partial charge in [0.25, 0.3) is 0 Å². The molecule has 0 unspecified atom stereocenters. The third-order valence-electron chi connectivity index (χ3n) is 4.59. The third kappa shape index (κ3) is 2.64. The molecule has 1 saturated heterocycles. The molecule has 4 N–H and O–H groups in total. The fourth-order valence-corrected chi connectivity index (χ4v) is 3.29. The summed E-state index contributed by atoms with van der Waals surface area (Å²) in [5.41, 5.74) is 9.72. The lowest BCUT2D eigenvalue weighted by Gasteiger charge is -2.28. The summed E-state index contributed by atoms with van der Waals surface area (Å²) in [5, 5.41) is 16.6. The number of nitrogens with two attached hydrogens (primary N) is 1. The zero-order chi connectivity index (χ0) is 15.8. The van der Waals surface area contributed by atoms with Gasteiger partial charge in [-0.05, 0) is 6.42 Å². The SMILES string of the molecule is Nc1nc([C@@H]2CCOC2)cc(N2CCc3[nH]nc(CO)c3C2)n1. The Morgan fingerprint density at radius 3 is 3.13 bits per heavy atom. The number of rotatable bonds is 3. The van der Waals surface area contributed by atoms with Crippen LogP contribution in [-0.4, -0.2) is 45.0 Å². The van der Waals surface area contributed by atoms with E-state index < -0.39 is 0 Å². The molecule has 2 aliphatic rings. The Hall–Kier alpha value is -2.19. The minimum atomic E-state index is -0.0593. The van der Waals surface area contributed by atoms with Crippen molar-refractivity contribution in [3.05, 3.63) is 28.7 Å². The Kier molecular flexibility index (Phi) is 3.62. The van der Waals surface area contributed by atoms with Crippen molar-refractivity contribution in [2.75, 3.05) is 30.4 Å². The minimum Gasteiger partial charge on any atom is -0.390 e. The van der Waals surface area contributed by atoms with Crippen molar-refractivity contribution in [1.29, 1.82) is 0 Å². The number of aromatic nitrogens is 4. The lowest BCUT2D eigenvalue weighted by Crippen LogP contribution is -2.31. The van der Waals surface area contributed by atoms with Gasteiger partial charge in [-0.25, -0.2) is 4.98 Å². The standard InChI is InChI=1S/C15H20N6O2/c16-15-17-12(9-2-4-23-8-9)5-14(18-15)21-3-1-11-10(6-21)13(7-22)20-19-11/h5,9,22H,1-4,6-8H2,(H,19,20)(H2,16,17,18)/t9-/m1/s1. The van der Waals surface area contributed by atoms with Crippen molar-refractivity contribution in [2.24, 2.45) is 0 Å². The number of ether oxygens (including phenoxy) is 1. The molecule has 2 aliphatic heterocycles. The maximum absolute atomic E-state index is 9.41. The van der Waals surface area contributed by atoms with E-state index in [2.05, 4.69) is 25.1 Å². The van der Waals surface area contributed by atoms with E-state index in [1.165, 1.54) is 0 Å². The van der Waals surface area contributed by atoms with Gasteiger partial charge in [-0.15, -0.1) is 0 Å². The van der Waals surface area contributed by atoms with Gasteiger partial charge in [0.15, 0.2) is 0 Å². The number of aromatic amines is 1. The van der Waals surface area contributed by atoms with Gasteiger partial charge >= 0.3 is 0 Å². The Morgan fingerprint density at radius 1 is 1.43 bits per heavy atom. The summed E-state index contributed by atoms with van der Waals surface area (Å²) < 4.78 is 5.45.